The number of rotatable bonds is 3. The molecule has 1 amide bonds. The Bertz CT molecular complexity index is 1160. The quantitative estimate of drug-likeness (QED) is 0.730. The Balaban J connectivity index is 1.51. The lowest BCUT2D eigenvalue weighted by molar-refractivity contribution is -0.114. The van der Waals surface area contributed by atoms with Crippen LogP contribution in [0.25, 0.3) is 11.1 Å². The number of aromatic nitrogens is 1. The molecule has 2 N–H and O–H groups in total. The van der Waals surface area contributed by atoms with Crippen LogP contribution < -0.4 is 10.0 Å². The second kappa shape index (κ2) is 5.95. The van der Waals surface area contributed by atoms with Crippen LogP contribution in [-0.4, -0.2) is 31.7 Å². The van der Waals surface area contributed by atoms with Crippen LogP contribution in [0.2, 0.25) is 0 Å². The lowest BCUT2D eigenvalue weighted by atomic mass is 10.2. The third-order valence-corrected chi connectivity index (χ3v) is 5.22. The van der Waals surface area contributed by atoms with E-state index in [1.54, 1.807) is 43.3 Å². The van der Waals surface area contributed by atoms with E-state index in [-0.39, 0.29) is 23.2 Å². The highest BCUT2D eigenvalue weighted by Crippen LogP contribution is 2.22. The van der Waals surface area contributed by atoms with Crippen molar-refractivity contribution in [2.45, 2.75) is 11.8 Å². The van der Waals surface area contributed by atoms with Crippen LogP contribution in [0.1, 0.15) is 11.5 Å². The fourth-order valence-electron chi connectivity index (χ4n) is 2.72. The van der Waals surface area contributed by atoms with E-state index in [1.807, 2.05) is 0 Å². The SMILES string of the molecule is Cc1nc2cc(NC(=O)CN=C3NS(=O)(=O)c4ccccc43)ccc2o1. The molecule has 4 rings (SSSR count). The number of carbonyl (C=O) groups excluding carboxylic acids is 1. The highest BCUT2D eigenvalue weighted by molar-refractivity contribution is 7.90. The third-order valence-electron chi connectivity index (χ3n) is 3.82. The minimum absolute atomic E-state index is 0.158. The topological polar surface area (TPSA) is 114 Å². The van der Waals surface area contributed by atoms with Crippen LogP contribution in [0.5, 0.6) is 0 Å². The lowest BCUT2D eigenvalue weighted by Gasteiger charge is -2.03. The van der Waals surface area contributed by atoms with Crippen LogP contribution in [0.15, 0.2) is 56.8 Å². The number of aryl methyl sites for hydroxylation is 1. The van der Waals surface area contributed by atoms with Gasteiger partial charge >= 0.3 is 0 Å². The van der Waals surface area contributed by atoms with Crippen molar-refractivity contribution >= 4 is 38.6 Å². The zero-order valence-electron chi connectivity index (χ0n) is 13.7. The summed E-state index contributed by atoms with van der Waals surface area (Å²) in [7, 11) is -3.61. The minimum Gasteiger partial charge on any atom is -0.441 e. The Hall–Kier alpha value is -3.20. The number of amides is 1. The van der Waals surface area contributed by atoms with Gasteiger partial charge in [0.25, 0.3) is 10.0 Å². The van der Waals surface area contributed by atoms with E-state index in [4.69, 9.17) is 4.42 Å². The summed E-state index contributed by atoms with van der Waals surface area (Å²) in [6, 6.07) is 11.6. The molecule has 0 atom stereocenters. The second-order valence-electron chi connectivity index (χ2n) is 5.73. The van der Waals surface area contributed by atoms with Gasteiger partial charge in [-0.1, -0.05) is 12.1 Å². The van der Waals surface area contributed by atoms with Crippen LogP contribution in [0.3, 0.4) is 0 Å². The van der Waals surface area contributed by atoms with Crippen LogP contribution in [0.4, 0.5) is 5.69 Å². The first kappa shape index (κ1) is 16.3. The minimum atomic E-state index is -3.61. The van der Waals surface area contributed by atoms with Gasteiger partial charge in [-0.3, -0.25) is 14.5 Å². The van der Waals surface area contributed by atoms with Crippen molar-refractivity contribution < 1.29 is 17.6 Å². The molecule has 0 aliphatic carbocycles. The number of aliphatic imine (C=N–C) groups is 1. The van der Waals surface area contributed by atoms with Gasteiger partial charge in [-0.15, -0.1) is 0 Å². The fourth-order valence-corrected chi connectivity index (χ4v) is 3.97. The average Bonchev–Trinajstić information content (AvgIpc) is 3.09. The maximum atomic E-state index is 12.1. The van der Waals surface area contributed by atoms with Crippen molar-refractivity contribution in [1.29, 1.82) is 0 Å². The predicted molar refractivity (Wildman–Crippen MR) is 95.5 cm³/mol. The van der Waals surface area contributed by atoms with E-state index in [9.17, 15) is 13.2 Å². The highest BCUT2D eigenvalue weighted by Gasteiger charge is 2.30. The first-order chi connectivity index (χ1) is 12.4. The predicted octanol–water partition coefficient (Wildman–Crippen LogP) is 1.81. The maximum absolute atomic E-state index is 12.1. The van der Waals surface area contributed by atoms with Crippen molar-refractivity contribution in [2.24, 2.45) is 4.99 Å². The Morgan fingerprint density at radius 2 is 2.08 bits per heavy atom. The summed E-state index contributed by atoms with van der Waals surface area (Å²) in [4.78, 5) is 20.6. The Labute approximate surface area is 149 Å². The molecule has 1 aliphatic rings. The van der Waals surface area contributed by atoms with Crippen molar-refractivity contribution in [3.63, 3.8) is 0 Å². The van der Waals surface area contributed by atoms with Gasteiger partial charge in [0.15, 0.2) is 11.5 Å². The van der Waals surface area contributed by atoms with E-state index in [0.717, 1.165) is 0 Å². The fraction of sp³-hybridized carbons (Fsp3) is 0.118. The summed E-state index contributed by atoms with van der Waals surface area (Å²) < 4.78 is 31.8. The maximum Gasteiger partial charge on any atom is 0.263 e. The number of benzene rings is 2. The first-order valence-corrected chi connectivity index (χ1v) is 9.24. The van der Waals surface area contributed by atoms with Gasteiger partial charge in [0.1, 0.15) is 17.9 Å². The number of carbonyl (C=O) groups is 1. The zero-order chi connectivity index (χ0) is 18.3. The van der Waals surface area contributed by atoms with Gasteiger partial charge in [-0.2, -0.15) is 0 Å². The van der Waals surface area contributed by atoms with Gasteiger partial charge in [0.05, 0.1) is 4.90 Å². The molecular weight excluding hydrogens is 356 g/mol. The molecule has 0 saturated carbocycles. The molecule has 1 aromatic heterocycles. The van der Waals surface area contributed by atoms with E-state index < -0.39 is 10.0 Å². The van der Waals surface area contributed by atoms with Crippen molar-refractivity contribution in [3.8, 4) is 0 Å². The Kier molecular flexibility index (Phi) is 3.73. The summed E-state index contributed by atoms with van der Waals surface area (Å²) in [6.07, 6.45) is 0. The highest BCUT2D eigenvalue weighted by atomic mass is 32.2. The van der Waals surface area contributed by atoms with Gasteiger partial charge in [-0.25, -0.2) is 13.4 Å². The van der Waals surface area contributed by atoms with Crippen LogP contribution in [-0.2, 0) is 14.8 Å². The Morgan fingerprint density at radius 3 is 2.92 bits per heavy atom. The number of anilines is 1. The molecule has 0 fully saturated rings. The zero-order valence-corrected chi connectivity index (χ0v) is 14.5. The summed E-state index contributed by atoms with van der Waals surface area (Å²) in [5.74, 6) is 0.334. The molecule has 2 aromatic carbocycles. The van der Waals surface area contributed by atoms with Crippen molar-refractivity contribution in [3.05, 3.63) is 53.9 Å². The number of fused-ring (bicyclic) bond motifs is 2. The number of amidine groups is 1. The molecule has 26 heavy (non-hydrogen) atoms. The number of oxazole rings is 1. The number of sulfonamides is 1. The molecule has 9 heteroatoms. The van der Waals surface area contributed by atoms with Gasteiger partial charge in [0, 0.05) is 18.2 Å². The molecular formula is C17H14N4O4S. The summed E-state index contributed by atoms with van der Waals surface area (Å²) in [5.41, 5.74) is 2.30. The third kappa shape index (κ3) is 2.93. The number of nitrogens with zero attached hydrogens (tertiary/aromatic N) is 2. The first-order valence-electron chi connectivity index (χ1n) is 7.76. The largest absolute Gasteiger partial charge is 0.441 e. The standard InChI is InChI=1S/C17H14N4O4S/c1-10-19-13-8-11(6-7-14(13)25-10)20-16(22)9-18-17-12-4-2-3-5-15(12)26(23,24)21-17/h2-8H,9H2,1H3,(H,18,21)(H,20,22). The van der Waals surface area contributed by atoms with E-state index in [2.05, 4.69) is 20.0 Å². The van der Waals surface area contributed by atoms with Gasteiger partial charge in [0.2, 0.25) is 5.91 Å². The van der Waals surface area contributed by atoms with Crippen LogP contribution >= 0.6 is 0 Å². The molecule has 0 unspecified atom stereocenters. The van der Waals surface area contributed by atoms with Crippen LogP contribution in [0, 0.1) is 6.92 Å². The molecule has 132 valence electrons. The average molecular weight is 370 g/mol. The molecule has 0 bridgehead atoms. The summed E-state index contributed by atoms with van der Waals surface area (Å²) in [5, 5.41) is 2.71. The van der Waals surface area contributed by atoms with Gasteiger partial charge in [-0.05, 0) is 30.3 Å². The van der Waals surface area contributed by atoms with E-state index in [1.165, 1.54) is 6.07 Å². The molecule has 2 heterocycles. The lowest BCUT2D eigenvalue weighted by Crippen LogP contribution is -2.24. The van der Waals surface area contributed by atoms with Crippen molar-refractivity contribution in [2.75, 3.05) is 11.9 Å². The molecule has 3 aromatic rings. The summed E-state index contributed by atoms with van der Waals surface area (Å²) >= 11 is 0. The number of hydrogen-bond acceptors (Lipinski definition) is 6. The summed E-state index contributed by atoms with van der Waals surface area (Å²) in [6.45, 7) is 1.52. The number of hydrogen-bond donors (Lipinski definition) is 2. The molecule has 0 saturated heterocycles. The normalized spacial score (nSPS) is 16.4. The second-order valence-corrected chi connectivity index (χ2v) is 7.38. The molecule has 8 nitrogen and oxygen atoms in total. The molecule has 0 spiro atoms. The smallest absolute Gasteiger partial charge is 0.263 e. The van der Waals surface area contributed by atoms with Gasteiger partial charge < -0.3 is 9.73 Å². The Morgan fingerprint density at radius 1 is 1.27 bits per heavy atom. The molecule has 1 aliphatic heterocycles. The number of nitrogens with one attached hydrogen (secondary N) is 2. The monoisotopic (exact) mass is 370 g/mol. The molecule has 0 radical (unpaired) electrons. The van der Waals surface area contributed by atoms with E-state index in [0.29, 0.717) is 28.2 Å². The van der Waals surface area contributed by atoms with Crippen molar-refractivity contribution in [1.82, 2.24) is 9.71 Å². The van der Waals surface area contributed by atoms with E-state index >= 15 is 0 Å².